The van der Waals surface area contributed by atoms with Gasteiger partial charge in [0.15, 0.2) is 17.0 Å². The Kier molecular flexibility index (Phi) is 6.83. The molecule has 0 saturated carbocycles. The lowest BCUT2D eigenvalue weighted by atomic mass is 9.79. The highest BCUT2D eigenvalue weighted by Gasteiger charge is 2.68. The molecule has 1 N–H and O–H groups in total. The van der Waals surface area contributed by atoms with Crippen molar-refractivity contribution in [3.63, 3.8) is 0 Å². The zero-order chi connectivity index (χ0) is 26.5. The van der Waals surface area contributed by atoms with Gasteiger partial charge in [0.1, 0.15) is 6.61 Å². The van der Waals surface area contributed by atoms with Crippen LogP contribution >= 0.6 is 39.1 Å². The monoisotopic (exact) mass is 605 g/mol. The Balaban J connectivity index is 1.52. The summed E-state index contributed by atoms with van der Waals surface area (Å²) in [5.41, 5.74) is 1.17. The van der Waals surface area contributed by atoms with Crippen LogP contribution in [-0.2, 0) is 16.9 Å². The maximum atomic E-state index is 13.3. The lowest BCUT2D eigenvalue weighted by Crippen LogP contribution is -2.54. The topological polar surface area (TPSA) is 93.9 Å². The Morgan fingerprint density at radius 2 is 1.97 bits per heavy atom. The number of amides is 1. The average molecular weight is 607 g/mol. The molecule has 1 fully saturated rings. The lowest BCUT2D eigenvalue weighted by Gasteiger charge is -2.30. The maximum Gasteiger partial charge on any atom is 0.256 e. The van der Waals surface area contributed by atoms with Gasteiger partial charge in [-0.3, -0.25) is 19.8 Å². The van der Waals surface area contributed by atoms with Gasteiger partial charge in [0.25, 0.3) is 11.9 Å². The number of nitrogens with one attached hydrogen (secondary N) is 1. The summed E-state index contributed by atoms with van der Waals surface area (Å²) in [4.78, 5) is 27.4. The number of carbonyl (C=O) groups is 1. The highest BCUT2D eigenvalue weighted by Crippen LogP contribution is 2.53. The molecule has 0 aliphatic carbocycles. The number of halogens is 3. The third-order valence-electron chi connectivity index (χ3n) is 7.11. The van der Waals surface area contributed by atoms with Gasteiger partial charge in [-0.2, -0.15) is 0 Å². The van der Waals surface area contributed by atoms with Crippen LogP contribution in [0.3, 0.4) is 0 Å². The number of carbonyl (C=O) groups excluding carboxylic acids is 1. The van der Waals surface area contributed by atoms with Gasteiger partial charge in [0, 0.05) is 38.3 Å². The molecule has 1 saturated heterocycles. The Labute approximate surface area is 231 Å². The first-order valence-corrected chi connectivity index (χ1v) is 12.9. The van der Waals surface area contributed by atoms with E-state index >= 15 is 0 Å². The number of para-hydroxylation sites is 1. The van der Waals surface area contributed by atoms with Crippen LogP contribution in [0.5, 0.6) is 11.5 Å². The van der Waals surface area contributed by atoms with Crippen LogP contribution in [0.1, 0.15) is 22.6 Å². The Bertz CT molecular complexity index is 1420. The molecule has 0 unspecified atom stereocenters. The van der Waals surface area contributed by atoms with Crippen LogP contribution < -0.4 is 14.8 Å². The molecule has 0 bridgehead atoms. The van der Waals surface area contributed by atoms with Crippen molar-refractivity contribution in [2.75, 3.05) is 26.0 Å². The van der Waals surface area contributed by atoms with Crippen molar-refractivity contribution in [2.45, 2.75) is 24.1 Å². The summed E-state index contributed by atoms with van der Waals surface area (Å²) in [7, 11) is 3.25. The van der Waals surface area contributed by atoms with Gasteiger partial charge in [-0.05, 0) is 58.9 Å². The number of rotatable bonds is 6. The van der Waals surface area contributed by atoms with Crippen LogP contribution in [0.15, 0.2) is 59.1 Å². The van der Waals surface area contributed by atoms with Crippen molar-refractivity contribution in [2.24, 2.45) is 0 Å². The van der Waals surface area contributed by atoms with Crippen molar-refractivity contribution in [3.05, 3.63) is 95.9 Å². The zero-order valence-corrected chi connectivity index (χ0v) is 22.9. The Hall–Kier alpha value is -2.85. The SMILES string of the molecule is COc1cc([C@@H]2CN(C)[C@]3(C(=O)Nc4ccccc43)[C@@H]2[N+](=O)[O-])cc(Br)c1OCc1ccc(Cl)cc1Cl. The average Bonchev–Trinajstić information content (AvgIpc) is 3.33. The fourth-order valence-corrected chi connectivity index (χ4v) is 6.50. The summed E-state index contributed by atoms with van der Waals surface area (Å²) in [6.07, 6.45) is 0. The van der Waals surface area contributed by atoms with Gasteiger partial charge in [-0.1, -0.05) is 47.5 Å². The largest absolute Gasteiger partial charge is 0.493 e. The van der Waals surface area contributed by atoms with E-state index < -0.39 is 23.4 Å². The maximum absolute atomic E-state index is 13.3. The summed E-state index contributed by atoms with van der Waals surface area (Å²) in [6, 6.07) is 14.6. The Morgan fingerprint density at radius 1 is 1.22 bits per heavy atom. The van der Waals surface area contributed by atoms with Crippen LogP contribution in [-0.4, -0.2) is 42.5 Å². The Morgan fingerprint density at radius 3 is 2.68 bits per heavy atom. The summed E-state index contributed by atoms with van der Waals surface area (Å²) in [5.74, 6) is -0.163. The van der Waals surface area contributed by atoms with E-state index in [4.69, 9.17) is 32.7 Å². The lowest BCUT2D eigenvalue weighted by molar-refractivity contribution is -0.534. The molecular weight excluding hydrogens is 585 g/mol. The first-order chi connectivity index (χ1) is 17.7. The van der Waals surface area contributed by atoms with E-state index in [1.165, 1.54) is 7.11 Å². The highest BCUT2D eigenvalue weighted by molar-refractivity contribution is 9.10. The van der Waals surface area contributed by atoms with E-state index in [2.05, 4.69) is 21.2 Å². The van der Waals surface area contributed by atoms with Crippen LogP contribution in [0, 0.1) is 10.1 Å². The molecule has 37 heavy (non-hydrogen) atoms. The van der Waals surface area contributed by atoms with Crippen LogP contribution in [0.2, 0.25) is 10.0 Å². The van der Waals surface area contributed by atoms with Crippen molar-refractivity contribution in [3.8, 4) is 11.5 Å². The van der Waals surface area contributed by atoms with Crippen molar-refractivity contribution < 1.29 is 19.2 Å². The fourth-order valence-electron chi connectivity index (χ4n) is 5.46. The number of anilines is 1. The number of hydrogen-bond donors (Lipinski definition) is 1. The molecule has 11 heteroatoms. The molecule has 0 aromatic heterocycles. The molecule has 2 aliphatic rings. The van der Waals surface area contributed by atoms with Gasteiger partial charge >= 0.3 is 0 Å². The minimum absolute atomic E-state index is 0.161. The van der Waals surface area contributed by atoms with E-state index in [-0.39, 0.29) is 11.5 Å². The van der Waals surface area contributed by atoms with Crippen LogP contribution in [0.25, 0.3) is 0 Å². The number of likely N-dealkylation sites (tertiary alicyclic amines) is 1. The van der Waals surface area contributed by atoms with Crippen molar-refractivity contribution in [1.82, 2.24) is 4.90 Å². The standard InChI is InChI=1S/C26H22BrCl2N3O5/c1-31-12-17(24(32(34)35)26(31)18-5-3-4-6-21(18)30-25(26)33)15-9-19(27)23(22(10-15)36-2)37-13-14-7-8-16(28)11-20(14)29/h3-11,17,24H,12-13H2,1-2H3,(H,30,33)/t17-,24+,26-/m0/s1. The summed E-state index contributed by atoms with van der Waals surface area (Å²) >= 11 is 15.8. The highest BCUT2D eigenvalue weighted by atomic mass is 79.9. The number of methoxy groups -OCH3 is 1. The number of likely N-dealkylation sites (N-methyl/N-ethyl adjacent to an activating group) is 1. The molecule has 2 heterocycles. The predicted molar refractivity (Wildman–Crippen MR) is 144 cm³/mol. The molecule has 3 aromatic carbocycles. The first-order valence-electron chi connectivity index (χ1n) is 11.4. The normalized spacial score (nSPS) is 22.7. The van der Waals surface area contributed by atoms with Gasteiger partial charge in [-0.15, -0.1) is 0 Å². The molecular formula is C26H22BrCl2N3O5. The molecule has 2 aliphatic heterocycles. The number of fused-ring (bicyclic) bond motifs is 2. The van der Waals surface area contributed by atoms with E-state index in [9.17, 15) is 14.9 Å². The molecule has 192 valence electrons. The molecule has 0 radical (unpaired) electrons. The van der Waals surface area contributed by atoms with E-state index in [1.54, 1.807) is 66.5 Å². The van der Waals surface area contributed by atoms with E-state index in [1.807, 2.05) is 0 Å². The minimum atomic E-state index is -1.43. The molecule has 1 spiro atoms. The quantitative estimate of drug-likeness (QED) is 0.279. The van der Waals surface area contributed by atoms with Gasteiger partial charge in [0.2, 0.25) is 0 Å². The van der Waals surface area contributed by atoms with E-state index in [0.29, 0.717) is 49.4 Å². The second-order valence-corrected chi connectivity index (χ2v) is 10.7. The smallest absolute Gasteiger partial charge is 0.256 e. The summed E-state index contributed by atoms with van der Waals surface area (Å²) < 4.78 is 12.2. The number of benzene rings is 3. The van der Waals surface area contributed by atoms with Crippen molar-refractivity contribution >= 4 is 50.7 Å². The van der Waals surface area contributed by atoms with Crippen LogP contribution in [0.4, 0.5) is 5.69 Å². The van der Waals surface area contributed by atoms with Gasteiger partial charge in [-0.25, -0.2) is 0 Å². The number of hydrogen-bond acceptors (Lipinski definition) is 6. The van der Waals surface area contributed by atoms with Crippen molar-refractivity contribution in [1.29, 1.82) is 0 Å². The van der Waals surface area contributed by atoms with Gasteiger partial charge in [0.05, 0.1) is 17.5 Å². The second kappa shape index (κ2) is 9.79. The predicted octanol–water partition coefficient (Wildman–Crippen LogP) is 5.87. The first kappa shape index (κ1) is 25.8. The third-order valence-corrected chi connectivity index (χ3v) is 8.28. The molecule has 5 rings (SSSR count). The van der Waals surface area contributed by atoms with Gasteiger partial charge < -0.3 is 14.8 Å². The summed E-state index contributed by atoms with van der Waals surface area (Å²) in [5, 5.41) is 16.4. The zero-order valence-electron chi connectivity index (χ0n) is 19.8. The minimum Gasteiger partial charge on any atom is -0.493 e. The summed E-state index contributed by atoms with van der Waals surface area (Å²) in [6.45, 7) is 0.456. The molecule has 1 amide bonds. The number of ether oxygens (including phenoxy) is 2. The molecule has 3 atom stereocenters. The fraction of sp³-hybridized carbons (Fsp3) is 0.269. The van der Waals surface area contributed by atoms with E-state index in [0.717, 1.165) is 5.56 Å². The second-order valence-electron chi connectivity index (χ2n) is 9.04. The third kappa shape index (κ3) is 4.14. The number of nitro groups is 1. The molecule has 3 aromatic rings. The number of nitrogens with zero attached hydrogens (tertiary/aromatic N) is 2. The molecule has 8 nitrogen and oxygen atoms in total.